The highest BCUT2D eigenvalue weighted by atomic mass is 16.5. The second-order valence-electron chi connectivity index (χ2n) is 9.40. The van der Waals surface area contributed by atoms with Gasteiger partial charge in [-0.05, 0) is 94.5 Å². The fourth-order valence-electron chi connectivity index (χ4n) is 5.42. The summed E-state index contributed by atoms with van der Waals surface area (Å²) in [5, 5.41) is 0. The Hall–Kier alpha value is -4.46. The molecule has 0 aliphatic heterocycles. The van der Waals surface area contributed by atoms with Crippen LogP contribution in [0.1, 0.15) is 85.9 Å². The van der Waals surface area contributed by atoms with Crippen molar-refractivity contribution in [3.8, 4) is 0 Å². The maximum absolute atomic E-state index is 12.4. The minimum atomic E-state index is -0.589. The van der Waals surface area contributed by atoms with Crippen molar-refractivity contribution in [3.05, 3.63) is 103 Å². The number of ether oxygens (including phenoxy) is 4. The smallest absolute Gasteiger partial charge is 0.338 e. The monoisotopic (exact) mass is 514 g/mol. The van der Waals surface area contributed by atoms with Gasteiger partial charge in [-0.3, -0.25) is 0 Å². The minimum absolute atomic E-state index is 0.185. The topological polar surface area (TPSA) is 105 Å². The highest BCUT2D eigenvalue weighted by molar-refractivity contribution is 6.04. The Morgan fingerprint density at radius 1 is 0.395 bits per heavy atom. The first-order valence-electron chi connectivity index (χ1n) is 12.1. The van der Waals surface area contributed by atoms with Crippen LogP contribution >= 0.6 is 0 Å². The predicted octanol–water partition coefficient (Wildman–Crippen LogP) is 3.82. The molecule has 3 aromatic rings. The Bertz CT molecular complexity index is 1310. The highest BCUT2D eigenvalue weighted by Gasteiger charge is 2.28. The van der Waals surface area contributed by atoms with E-state index < -0.39 is 23.9 Å². The fraction of sp³-hybridized carbons (Fsp3) is 0.267. The number of carbonyl (C=O) groups excluding carboxylic acids is 4. The molecule has 0 unspecified atom stereocenters. The lowest BCUT2D eigenvalue weighted by molar-refractivity contribution is 0.0555. The van der Waals surface area contributed by atoms with E-state index in [1.165, 1.54) is 28.4 Å². The largest absolute Gasteiger partial charge is 0.465 e. The molecule has 0 atom stereocenters. The van der Waals surface area contributed by atoms with Gasteiger partial charge in [0.25, 0.3) is 0 Å². The second-order valence-corrected chi connectivity index (χ2v) is 9.40. The van der Waals surface area contributed by atoms with Crippen molar-refractivity contribution >= 4 is 23.9 Å². The lowest BCUT2D eigenvalue weighted by Crippen LogP contribution is -2.18. The number of fused-ring (bicyclic) bond motifs is 4. The average molecular weight is 515 g/mol. The van der Waals surface area contributed by atoms with Gasteiger partial charge in [-0.1, -0.05) is 12.1 Å². The van der Waals surface area contributed by atoms with Crippen LogP contribution < -0.4 is 0 Å². The van der Waals surface area contributed by atoms with Gasteiger partial charge in [0, 0.05) is 0 Å². The van der Waals surface area contributed by atoms with Crippen LogP contribution in [0.4, 0.5) is 0 Å². The zero-order valence-corrected chi connectivity index (χ0v) is 21.6. The van der Waals surface area contributed by atoms with Crippen molar-refractivity contribution in [2.45, 2.75) is 25.7 Å². The van der Waals surface area contributed by atoms with E-state index >= 15 is 0 Å². The van der Waals surface area contributed by atoms with Gasteiger partial charge in [0.2, 0.25) is 0 Å². The summed E-state index contributed by atoms with van der Waals surface area (Å²) in [6.07, 6.45) is 2.41. The van der Waals surface area contributed by atoms with E-state index in [1.807, 2.05) is 0 Å². The van der Waals surface area contributed by atoms with E-state index in [0.717, 1.165) is 44.5 Å². The molecule has 0 aromatic heterocycles. The third-order valence-corrected chi connectivity index (χ3v) is 7.35. The zero-order chi connectivity index (χ0) is 27.1. The number of carbonyl (C=O) groups is 4. The second kappa shape index (κ2) is 9.78. The highest BCUT2D eigenvalue weighted by Crippen LogP contribution is 2.36. The van der Waals surface area contributed by atoms with E-state index in [9.17, 15) is 19.2 Å². The average Bonchev–Trinajstić information content (AvgIpc) is 2.94. The Morgan fingerprint density at radius 3 is 0.763 bits per heavy atom. The Kier molecular flexibility index (Phi) is 6.48. The molecule has 0 heterocycles. The summed E-state index contributed by atoms with van der Waals surface area (Å²) in [6.45, 7) is 0. The standard InChI is InChI=1S/C30H26O8/c1-35-27(31)23-11-19-7-15-5-17-9-21-13-25(29(33)37-3)26(30(34)38-4)14-22(21)10-18(17)6-16(15)8-20(19)12-24(23)28(32)36-2/h5-6,11-14H,7-10H2,1-4H3. The molecule has 2 aliphatic rings. The molecule has 3 aromatic carbocycles. The van der Waals surface area contributed by atoms with Crippen LogP contribution in [0.15, 0.2) is 36.4 Å². The third-order valence-electron chi connectivity index (χ3n) is 7.35. The molecule has 5 rings (SSSR count). The lowest BCUT2D eigenvalue weighted by Gasteiger charge is -2.27. The van der Waals surface area contributed by atoms with Crippen LogP contribution in [0.3, 0.4) is 0 Å². The van der Waals surface area contributed by atoms with Gasteiger partial charge in [-0.15, -0.1) is 0 Å². The van der Waals surface area contributed by atoms with Gasteiger partial charge in [0.05, 0.1) is 50.7 Å². The van der Waals surface area contributed by atoms with Crippen LogP contribution in [0.5, 0.6) is 0 Å². The molecule has 0 radical (unpaired) electrons. The number of rotatable bonds is 4. The number of benzene rings is 3. The van der Waals surface area contributed by atoms with Crippen LogP contribution in [-0.4, -0.2) is 52.3 Å². The molecule has 0 bridgehead atoms. The third kappa shape index (κ3) is 4.22. The molecular formula is C30H26O8. The molecule has 2 aliphatic carbocycles. The first-order chi connectivity index (χ1) is 18.3. The summed E-state index contributed by atoms with van der Waals surface area (Å²) in [5.74, 6) is -2.36. The fourth-order valence-corrected chi connectivity index (χ4v) is 5.42. The van der Waals surface area contributed by atoms with E-state index in [1.54, 1.807) is 24.3 Å². The summed E-state index contributed by atoms with van der Waals surface area (Å²) in [6, 6.07) is 11.2. The van der Waals surface area contributed by atoms with Crippen molar-refractivity contribution in [3.63, 3.8) is 0 Å². The molecular weight excluding hydrogens is 488 g/mol. The maximum atomic E-state index is 12.4. The van der Waals surface area contributed by atoms with Crippen molar-refractivity contribution < 1.29 is 38.1 Å². The lowest BCUT2D eigenvalue weighted by atomic mass is 9.78. The molecule has 0 saturated carbocycles. The zero-order valence-electron chi connectivity index (χ0n) is 21.6. The number of methoxy groups -OCH3 is 4. The number of esters is 4. The molecule has 0 fully saturated rings. The van der Waals surface area contributed by atoms with Gasteiger partial charge < -0.3 is 18.9 Å². The number of hydrogen-bond acceptors (Lipinski definition) is 8. The summed E-state index contributed by atoms with van der Waals surface area (Å²) in [7, 11) is 5.12. The van der Waals surface area contributed by atoms with Crippen LogP contribution in [0.2, 0.25) is 0 Å². The number of hydrogen-bond donors (Lipinski definition) is 0. The molecule has 8 heteroatoms. The summed E-state index contributed by atoms with van der Waals surface area (Å²) in [4.78, 5) is 49.5. The van der Waals surface area contributed by atoms with E-state index in [0.29, 0.717) is 25.7 Å². The van der Waals surface area contributed by atoms with Crippen molar-refractivity contribution in [2.24, 2.45) is 0 Å². The van der Waals surface area contributed by atoms with Gasteiger partial charge in [0.1, 0.15) is 0 Å². The van der Waals surface area contributed by atoms with Crippen molar-refractivity contribution in [1.82, 2.24) is 0 Å². The normalized spacial score (nSPS) is 12.7. The van der Waals surface area contributed by atoms with Gasteiger partial charge in [-0.25, -0.2) is 19.2 Å². The van der Waals surface area contributed by atoms with E-state index in [4.69, 9.17) is 18.9 Å². The van der Waals surface area contributed by atoms with Gasteiger partial charge in [-0.2, -0.15) is 0 Å². The first-order valence-corrected chi connectivity index (χ1v) is 12.1. The van der Waals surface area contributed by atoms with E-state index in [2.05, 4.69) is 12.1 Å². The van der Waals surface area contributed by atoms with Gasteiger partial charge >= 0.3 is 23.9 Å². The SMILES string of the molecule is COC(=O)c1cc2c(cc1C(=O)OC)Cc1cc3c(cc1C2)Cc1cc(C(=O)OC)c(C(=O)OC)cc1C3. The molecule has 8 nitrogen and oxygen atoms in total. The van der Waals surface area contributed by atoms with Crippen molar-refractivity contribution in [2.75, 3.05) is 28.4 Å². The van der Waals surface area contributed by atoms with Crippen molar-refractivity contribution in [1.29, 1.82) is 0 Å². The molecule has 194 valence electrons. The molecule has 0 saturated heterocycles. The summed E-state index contributed by atoms with van der Waals surface area (Å²) < 4.78 is 19.6. The van der Waals surface area contributed by atoms with Crippen LogP contribution in [0.25, 0.3) is 0 Å². The summed E-state index contributed by atoms with van der Waals surface area (Å²) >= 11 is 0. The molecule has 0 spiro atoms. The molecule has 0 amide bonds. The minimum Gasteiger partial charge on any atom is -0.465 e. The van der Waals surface area contributed by atoms with Crippen LogP contribution in [0, 0.1) is 0 Å². The Balaban J connectivity index is 1.53. The maximum Gasteiger partial charge on any atom is 0.338 e. The van der Waals surface area contributed by atoms with Crippen LogP contribution in [-0.2, 0) is 44.6 Å². The summed E-state index contributed by atoms with van der Waals surface area (Å²) in [5.41, 5.74) is 9.12. The Labute approximate surface area is 219 Å². The Morgan fingerprint density at radius 2 is 0.579 bits per heavy atom. The van der Waals surface area contributed by atoms with E-state index in [-0.39, 0.29) is 22.3 Å². The molecule has 38 heavy (non-hydrogen) atoms. The quantitative estimate of drug-likeness (QED) is 0.263. The van der Waals surface area contributed by atoms with Gasteiger partial charge in [0.15, 0.2) is 0 Å². The molecule has 0 N–H and O–H groups in total. The first kappa shape index (κ1) is 25.2. The predicted molar refractivity (Wildman–Crippen MR) is 136 cm³/mol.